The highest BCUT2D eigenvalue weighted by molar-refractivity contribution is 8.01. The highest BCUT2D eigenvalue weighted by Crippen LogP contribution is 2.24. The number of para-hydroxylation sites is 1. The molecule has 1 aromatic carbocycles. The molecule has 0 spiro atoms. The number of rotatable bonds is 9. The second-order valence-corrected chi connectivity index (χ2v) is 6.40. The van der Waals surface area contributed by atoms with Gasteiger partial charge < -0.3 is 15.4 Å². The van der Waals surface area contributed by atoms with Crippen molar-refractivity contribution in [3.05, 3.63) is 30.3 Å². The van der Waals surface area contributed by atoms with Gasteiger partial charge in [0, 0.05) is 6.54 Å². The largest absolute Gasteiger partial charge is 0.492 e. The van der Waals surface area contributed by atoms with Gasteiger partial charge in [-0.15, -0.1) is 10.2 Å². The van der Waals surface area contributed by atoms with Crippen molar-refractivity contribution in [1.29, 1.82) is 0 Å². The predicted molar refractivity (Wildman–Crippen MR) is 89.7 cm³/mol. The number of thioether (sulfide) groups is 1. The lowest BCUT2D eigenvalue weighted by Crippen LogP contribution is -2.29. The maximum atomic E-state index is 11.7. The summed E-state index contributed by atoms with van der Waals surface area (Å²) in [5, 5.41) is 14.7. The first kappa shape index (κ1) is 16.6. The van der Waals surface area contributed by atoms with Crippen LogP contribution >= 0.6 is 23.1 Å². The summed E-state index contributed by atoms with van der Waals surface area (Å²) in [5.74, 6) is 1.09. The van der Waals surface area contributed by atoms with Gasteiger partial charge in [-0.1, -0.05) is 41.3 Å². The fourth-order valence-electron chi connectivity index (χ4n) is 1.55. The van der Waals surface area contributed by atoms with Gasteiger partial charge in [-0.05, 0) is 19.1 Å². The van der Waals surface area contributed by atoms with Crippen molar-refractivity contribution < 1.29 is 9.53 Å². The smallest absolute Gasteiger partial charge is 0.230 e. The first-order valence-electron chi connectivity index (χ1n) is 6.92. The first-order chi connectivity index (χ1) is 10.8. The number of amides is 1. The molecule has 1 amide bonds. The molecule has 0 bridgehead atoms. The SMILES string of the molecule is CCNc1nnc(SCC(=O)NCCOc2ccccc2)s1. The van der Waals surface area contributed by atoms with Crippen LogP contribution in [-0.4, -0.2) is 41.6 Å². The monoisotopic (exact) mass is 338 g/mol. The summed E-state index contributed by atoms with van der Waals surface area (Å²) in [6.45, 7) is 3.73. The Morgan fingerprint density at radius 2 is 2.14 bits per heavy atom. The molecule has 0 saturated carbocycles. The van der Waals surface area contributed by atoms with Gasteiger partial charge in [0.15, 0.2) is 4.34 Å². The van der Waals surface area contributed by atoms with E-state index in [9.17, 15) is 4.79 Å². The number of anilines is 1. The molecule has 1 aromatic heterocycles. The highest BCUT2D eigenvalue weighted by atomic mass is 32.2. The Morgan fingerprint density at radius 1 is 1.32 bits per heavy atom. The van der Waals surface area contributed by atoms with E-state index in [0.717, 1.165) is 21.8 Å². The minimum Gasteiger partial charge on any atom is -0.492 e. The molecule has 118 valence electrons. The zero-order chi connectivity index (χ0) is 15.6. The van der Waals surface area contributed by atoms with E-state index in [-0.39, 0.29) is 5.91 Å². The maximum absolute atomic E-state index is 11.7. The van der Waals surface area contributed by atoms with Crippen LogP contribution in [0.4, 0.5) is 5.13 Å². The summed E-state index contributed by atoms with van der Waals surface area (Å²) in [5.41, 5.74) is 0. The maximum Gasteiger partial charge on any atom is 0.230 e. The number of carbonyl (C=O) groups is 1. The molecule has 0 radical (unpaired) electrons. The third-order valence-electron chi connectivity index (χ3n) is 2.50. The van der Waals surface area contributed by atoms with Crippen molar-refractivity contribution in [2.75, 3.05) is 30.8 Å². The normalized spacial score (nSPS) is 10.2. The number of ether oxygens (including phenoxy) is 1. The van der Waals surface area contributed by atoms with Crippen molar-refractivity contribution in [3.8, 4) is 5.75 Å². The number of carbonyl (C=O) groups excluding carboxylic acids is 1. The molecule has 0 aliphatic rings. The van der Waals surface area contributed by atoms with Gasteiger partial charge in [0.05, 0.1) is 12.3 Å². The van der Waals surface area contributed by atoms with Gasteiger partial charge in [0.1, 0.15) is 12.4 Å². The molecule has 2 N–H and O–H groups in total. The third kappa shape index (κ3) is 5.90. The van der Waals surface area contributed by atoms with Crippen molar-refractivity contribution >= 4 is 34.1 Å². The summed E-state index contributed by atoms with van der Waals surface area (Å²) in [4.78, 5) is 11.7. The second-order valence-electron chi connectivity index (χ2n) is 4.20. The van der Waals surface area contributed by atoms with Crippen LogP contribution < -0.4 is 15.4 Å². The third-order valence-corrected chi connectivity index (χ3v) is 4.51. The average molecular weight is 338 g/mol. The van der Waals surface area contributed by atoms with Gasteiger partial charge >= 0.3 is 0 Å². The number of nitrogens with zero attached hydrogens (tertiary/aromatic N) is 2. The quantitative estimate of drug-likeness (QED) is 0.539. The Hall–Kier alpha value is -1.80. The number of benzene rings is 1. The molecule has 0 aliphatic heterocycles. The van der Waals surface area contributed by atoms with Gasteiger partial charge in [0.25, 0.3) is 0 Å². The van der Waals surface area contributed by atoms with Crippen LogP contribution in [0.2, 0.25) is 0 Å². The molecule has 2 rings (SSSR count). The summed E-state index contributed by atoms with van der Waals surface area (Å²) < 4.78 is 6.28. The van der Waals surface area contributed by atoms with E-state index < -0.39 is 0 Å². The average Bonchev–Trinajstić information content (AvgIpc) is 2.99. The Morgan fingerprint density at radius 3 is 2.91 bits per heavy atom. The molecule has 1 heterocycles. The van der Waals surface area contributed by atoms with Gasteiger partial charge in [-0.2, -0.15) is 0 Å². The van der Waals surface area contributed by atoms with E-state index in [4.69, 9.17) is 4.74 Å². The lowest BCUT2D eigenvalue weighted by atomic mass is 10.3. The molecule has 2 aromatic rings. The van der Waals surface area contributed by atoms with Crippen LogP contribution in [0.1, 0.15) is 6.92 Å². The van der Waals surface area contributed by atoms with E-state index in [1.54, 1.807) is 0 Å². The molecule has 22 heavy (non-hydrogen) atoms. The second kappa shape index (κ2) is 9.26. The summed E-state index contributed by atoms with van der Waals surface area (Å²) >= 11 is 2.83. The van der Waals surface area contributed by atoms with Crippen LogP contribution in [0.25, 0.3) is 0 Å². The molecular weight excluding hydrogens is 320 g/mol. The number of aromatic nitrogens is 2. The van der Waals surface area contributed by atoms with Crippen LogP contribution in [0.5, 0.6) is 5.75 Å². The summed E-state index contributed by atoms with van der Waals surface area (Å²) in [6.07, 6.45) is 0. The minimum absolute atomic E-state index is 0.0399. The molecule has 0 atom stereocenters. The molecule has 0 saturated heterocycles. The Balaban J connectivity index is 1.59. The Labute approximate surface area is 137 Å². The van der Waals surface area contributed by atoms with Crippen molar-refractivity contribution in [1.82, 2.24) is 15.5 Å². The molecule has 8 heteroatoms. The van der Waals surface area contributed by atoms with Crippen molar-refractivity contribution in [2.45, 2.75) is 11.3 Å². The van der Waals surface area contributed by atoms with Crippen molar-refractivity contribution in [3.63, 3.8) is 0 Å². The van der Waals surface area contributed by atoms with Crippen LogP contribution in [0, 0.1) is 0 Å². The predicted octanol–water partition coefficient (Wildman–Crippen LogP) is 2.26. The molecule has 0 unspecified atom stereocenters. The molecule has 6 nitrogen and oxygen atoms in total. The van der Waals surface area contributed by atoms with E-state index in [1.807, 2.05) is 37.3 Å². The summed E-state index contributed by atoms with van der Waals surface area (Å²) in [6, 6.07) is 9.52. The number of hydrogen-bond acceptors (Lipinski definition) is 7. The molecule has 0 fully saturated rings. The van der Waals surface area contributed by atoms with E-state index in [2.05, 4.69) is 20.8 Å². The topological polar surface area (TPSA) is 76.1 Å². The Bertz CT molecular complexity index is 577. The zero-order valence-electron chi connectivity index (χ0n) is 12.2. The van der Waals surface area contributed by atoms with E-state index >= 15 is 0 Å². The van der Waals surface area contributed by atoms with Gasteiger partial charge in [0.2, 0.25) is 11.0 Å². The van der Waals surface area contributed by atoms with Crippen LogP contribution in [0.3, 0.4) is 0 Å². The number of hydrogen-bond donors (Lipinski definition) is 2. The lowest BCUT2D eigenvalue weighted by Gasteiger charge is -2.07. The van der Waals surface area contributed by atoms with E-state index in [0.29, 0.717) is 18.9 Å². The fourth-order valence-corrected chi connectivity index (χ4v) is 3.19. The lowest BCUT2D eigenvalue weighted by molar-refractivity contribution is -0.118. The first-order valence-corrected chi connectivity index (χ1v) is 8.73. The molecule has 0 aliphatic carbocycles. The van der Waals surface area contributed by atoms with E-state index in [1.165, 1.54) is 23.1 Å². The highest BCUT2D eigenvalue weighted by Gasteiger charge is 2.07. The fraction of sp³-hybridized carbons (Fsp3) is 0.357. The van der Waals surface area contributed by atoms with Gasteiger partial charge in [-0.3, -0.25) is 4.79 Å². The Kier molecular flexibility index (Phi) is 6.98. The standard InChI is InChI=1S/C14H18N4O2S2/c1-2-15-13-17-18-14(22-13)21-10-12(19)16-8-9-20-11-6-4-3-5-7-11/h3-7H,2,8-10H2,1H3,(H,15,17)(H,16,19). The summed E-state index contributed by atoms with van der Waals surface area (Å²) in [7, 11) is 0. The van der Waals surface area contributed by atoms with Crippen LogP contribution in [-0.2, 0) is 4.79 Å². The number of nitrogens with one attached hydrogen (secondary N) is 2. The van der Waals surface area contributed by atoms with Crippen molar-refractivity contribution in [2.24, 2.45) is 0 Å². The van der Waals surface area contributed by atoms with Gasteiger partial charge in [-0.25, -0.2) is 0 Å². The van der Waals surface area contributed by atoms with Crippen LogP contribution in [0.15, 0.2) is 34.7 Å². The zero-order valence-corrected chi connectivity index (χ0v) is 13.9. The minimum atomic E-state index is -0.0399. The molecular formula is C14H18N4O2S2.